The summed E-state index contributed by atoms with van der Waals surface area (Å²) in [6.07, 6.45) is 1.55. The molecule has 1 aromatic carbocycles. The van der Waals surface area contributed by atoms with Gasteiger partial charge in [-0.05, 0) is 48.7 Å². The minimum Gasteiger partial charge on any atom is -0.321 e. The van der Waals surface area contributed by atoms with Gasteiger partial charge in [0.15, 0.2) is 5.78 Å². The summed E-state index contributed by atoms with van der Waals surface area (Å²) in [4.78, 5) is 24.0. The Morgan fingerprint density at radius 2 is 1.95 bits per heavy atom. The standard InChI is InChI=1S/C16H12N2O2S/c1-11(19)12-4-6-14(7-5-12)18-16(20)13(10-17)9-15-3-2-8-21-15/h2-9H,1H3,(H,18,20)/b13-9+. The molecule has 5 heteroatoms. The first-order valence-corrected chi connectivity index (χ1v) is 7.06. The number of hydrogen-bond acceptors (Lipinski definition) is 4. The lowest BCUT2D eigenvalue weighted by Crippen LogP contribution is -2.13. The lowest BCUT2D eigenvalue weighted by atomic mass is 10.1. The summed E-state index contributed by atoms with van der Waals surface area (Å²) in [5, 5.41) is 13.6. The molecule has 2 rings (SSSR count). The van der Waals surface area contributed by atoms with E-state index in [2.05, 4.69) is 5.32 Å². The molecule has 21 heavy (non-hydrogen) atoms. The molecular formula is C16H12N2O2S. The van der Waals surface area contributed by atoms with Gasteiger partial charge in [0, 0.05) is 16.1 Å². The molecule has 0 unspecified atom stereocenters. The molecule has 1 heterocycles. The average molecular weight is 296 g/mol. The molecule has 1 aromatic heterocycles. The summed E-state index contributed by atoms with van der Waals surface area (Å²) < 4.78 is 0. The molecule has 104 valence electrons. The SMILES string of the molecule is CC(=O)c1ccc(NC(=O)/C(C#N)=C/c2cccs2)cc1. The van der Waals surface area contributed by atoms with Crippen LogP contribution in [0.1, 0.15) is 22.2 Å². The van der Waals surface area contributed by atoms with Crippen molar-refractivity contribution in [3.63, 3.8) is 0 Å². The van der Waals surface area contributed by atoms with Crippen LogP contribution < -0.4 is 5.32 Å². The fourth-order valence-electron chi connectivity index (χ4n) is 1.65. The van der Waals surface area contributed by atoms with E-state index in [1.54, 1.807) is 30.3 Å². The number of nitriles is 1. The van der Waals surface area contributed by atoms with Crippen molar-refractivity contribution in [3.05, 3.63) is 57.8 Å². The Labute approximate surface area is 126 Å². The van der Waals surface area contributed by atoms with E-state index in [9.17, 15) is 9.59 Å². The van der Waals surface area contributed by atoms with Crippen molar-refractivity contribution >= 4 is 34.8 Å². The number of anilines is 1. The number of nitrogens with one attached hydrogen (secondary N) is 1. The lowest BCUT2D eigenvalue weighted by molar-refractivity contribution is -0.112. The third-order valence-electron chi connectivity index (χ3n) is 2.74. The highest BCUT2D eigenvalue weighted by Gasteiger charge is 2.10. The van der Waals surface area contributed by atoms with Gasteiger partial charge in [-0.3, -0.25) is 9.59 Å². The maximum atomic E-state index is 12.0. The highest BCUT2D eigenvalue weighted by Crippen LogP contribution is 2.15. The molecule has 0 radical (unpaired) electrons. The molecule has 0 spiro atoms. The Morgan fingerprint density at radius 1 is 1.24 bits per heavy atom. The van der Waals surface area contributed by atoms with E-state index in [1.165, 1.54) is 18.3 Å². The molecule has 0 aliphatic heterocycles. The van der Waals surface area contributed by atoms with Crippen LogP contribution >= 0.6 is 11.3 Å². The number of thiophene rings is 1. The van der Waals surface area contributed by atoms with Crippen molar-refractivity contribution in [1.82, 2.24) is 0 Å². The van der Waals surface area contributed by atoms with Crippen molar-refractivity contribution in [2.24, 2.45) is 0 Å². The minimum atomic E-state index is -0.471. The molecular weight excluding hydrogens is 284 g/mol. The van der Waals surface area contributed by atoms with Crippen molar-refractivity contribution in [1.29, 1.82) is 5.26 Å². The topological polar surface area (TPSA) is 70.0 Å². The number of carbonyl (C=O) groups excluding carboxylic acids is 2. The number of rotatable bonds is 4. The maximum Gasteiger partial charge on any atom is 0.266 e. The Kier molecular flexibility index (Phi) is 4.64. The van der Waals surface area contributed by atoms with E-state index in [0.717, 1.165) is 4.88 Å². The van der Waals surface area contributed by atoms with Crippen LogP contribution in [0.25, 0.3) is 6.08 Å². The van der Waals surface area contributed by atoms with E-state index in [0.29, 0.717) is 11.3 Å². The van der Waals surface area contributed by atoms with Gasteiger partial charge in [-0.15, -0.1) is 11.3 Å². The van der Waals surface area contributed by atoms with Crippen molar-refractivity contribution < 1.29 is 9.59 Å². The highest BCUT2D eigenvalue weighted by atomic mass is 32.1. The molecule has 0 aliphatic carbocycles. The first kappa shape index (κ1) is 14.7. The van der Waals surface area contributed by atoms with Crippen LogP contribution in [-0.4, -0.2) is 11.7 Å². The highest BCUT2D eigenvalue weighted by molar-refractivity contribution is 7.10. The molecule has 0 bridgehead atoms. The summed E-state index contributed by atoms with van der Waals surface area (Å²) in [5.41, 5.74) is 1.15. The Morgan fingerprint density at radius 3 is 2.48 bits per heavy atom. The van der Waals surface area contributed by atoms with Gasteiger partial charge in [-0.25, -0.2) is 0 Å². The molecule has 0 aliphatic rings. The smallest absolute Gasteiger partial charge is 0.266 e. The van der Waals surface area contributed by atoms with Crippen LogP contribution in [0.2, 0.25) is 0 Å². The first-order valence-electron chi connectivity index (χ1n) is 6.18. The normalized spacial score (nSPS) is 10.8. The van der Waals surface area contributed by atoms with Crippen molar-refractivity contribution in [3.8, 4) is 6.07 Å². The zero-order valence-corrected chi connectivity index (χ0v) is 12.1. The second kappa shape index (κ2) is 6.64. The van der Waals surface area contributed by atoms with Crippen LogP contribution in [0.3, 0.4) is 0 Å². The quantitative estimate of drug-likeness (QED) is 0.533. The average Bonchev–Trinajstić information content (AvgIpc) is 2.98. The molecule has 2 aromatic rings. The van der Waals surface area contributed by atoms with Gasteiger partial charge in [0.25, 0.3) is 5.91 Å². The van der Waals surface area contributed by atoms with Crippen molar-refractivity contribution in [2.75, 3.05) is 5.32 Å². The molecule has 1 amide bonds. The third-order valence-corrected chi connectivity index (χ3v) is 3.56. The van der Waals surface area contributed by atoms with Crippen LogP contribution in [-0.2, 0) is 4.79 Å². The predicted molar refractivity (Wildman–Crippen MR) is 83.0 cm³/mol. The number of ketones is 1. The Bertz CT molecular complexity index is 723. The zero-order valence-electron chi connectivity index (χ0n) is 11.3. The van der Waals surface area contributed by atoms with Crippen molar-refractivity contribution in [2.45, 2.75) is 6.92 Å². The number of Topliss-reactive ketones (excluding diaryl/α,β-unsaturated/α-hetero) is 1. The molecule has 0 saturated heterocycles. The van der Waals surface area contributed by atoms with Gasteiger partial charge >= 0.3 is 0 Å². The number of nitrogens with zero attached hydrogens (tertiary/aromatic N) is 1. The van der Waals surface area contributed by atoms with Gasteiger partial charge in [0.2, 0.25) is 0 Å². The predicted octanol–water partition coefficient (Wildman–Crippen LogP) is 3.50. The lowest BCUT2D eigenvalue weighted by Gasteiger charge is -2.04. The van der Waals surface area contributed by atoms with Gasteiger partial charge in [0.1, 0.15) is 11.6 Å². The molecule has 0 saturated carbocycles. The number of carbonyl (C=O) groups is 2. The van der Waals surface area contributed by atoms with Crippen LogP contribution in [0.15, 0.2) is 47.4 Å². The van der Waals surface area contributed by atoms with E-state index in [1.807, 2.05) is 23.6 Å². The van der Waals surface area contributed by atoms with E-state index < -0.39 is 5.91 Å². The second-order valence-electron chi connectivity index (χ2n) is 4.27. The van der Waals surface area contributed by atoms with Gasteiger partial charge in [-0.2, -0.15) is 5.26 Å². The summed E-state index contributed by atoms with van der Waals surface area (Å²) in [5.74, 6) is -0.510. The molecule has 4 nitrogen and oxygen atoms in total. The van der Waals surface area contributed by atoms with Gasteiger partial charge in [-0.1, -0.05) is 6.07 Å². The summed E-state index contributed by atoms with van der Waals surface area (Å²) in [7, 11) is 0. The van der Waals surface area contributed by atoms with Gasteiger partial charge in [0.05, 0.1) is 0 Å². The van der Waals surface area contributed by atoms with Crippen LogP contribution in [0.4, 0.5) is 5.69 Å². The van der Waals surface area contributed by atoms with E-state index in [-0.39, 0.29) is 11.4 Å². The number of benzene rings is 1. The summed E-state index contributed by atoms with van der Waals surface area (Å²) in [6.45, 7) is 1.48. The van der Waals surface area contributed by atoms with E-state index >= 15 is 0 Å². The Balaban J connectivity index is 2.13. The van der Waals surface area contributed by atoms with Crippen LogP contribution in [0.5, 0.6) is 0 Å². The fraction of sp³-hybridized carbons (Fsp3) is 0.0625. The minimum absolute atomic E-state index is 0.0353. The number of amides is 1. The molecule has 1 N–H and O–H groups in total. The van der Waals surface area contributed by atoms with Crippen LogP contribution in [0, 0.1) is 11.3 Å². The molecule has 0 fully saturated rings. The molecule has 0 atom stereocenters. The summed E-state index contributed by atoms with van der Waals surface area (Å²) >= 11 is 1.45. The first-order chi connectivity index (χ1) is 10.1. The fourth-order valence-corrected chi connectivity index (χ4v) is 2.31. The Hall–Kier alpha value is -2.71. The maximum absolute atomic E-state index is 12.0. The second-order valence-corrected chi connectivity index (χ2v) is 5.25. The third kappa shape index (κ3) is 3.88. The zero-order chi connectivity index (χ0) is 15.2. The van der Waals surface area contributed by atoms with Gasteiger partial charge < -0.3 is 5.32 Å². The number of hydrogen-bond donors (Lipinski definition) is 1. The van der Waals surface area contributed by atoms with E-state index in [4.69, 9.17) is 5.26 Å². The monoisotopic (exact) mass is 296 g/mol. The largest absolute Gasteiger partial charge is 0.321 e. The summed E-state index contributed by atoms with van der Waals surface area (Å²) in [6, 6.07) is 12.1.